The van der Waals surface area contributed by atoms with Crippen LogP contribution in [0.1, 0.15) is 45.5 Å². The molecule has 1 heterocycles. The van der Waals surface area contributed by atoms with E-state index in [-0.39, 0.29) is 5.91 Å². The Balaban J connectivity index is 1.74. The summed E-state index contributed by atoms with van der Waals surface area (Å²) in [5, 5.41) is 3.26. The normalized spacial score (nSPS) is 13.5. The van der Waals surface area contributed by atoms with Crippen molar-refractivity contribution in [1.82, 2.24) is 0 Å². The Morgan fingerprint density at radius 1 is 0.833 bits per heavy atom. The van der Waals surface area contributed by atoms with E-state index in [1.165, 1.54) is 24.1 Å². The Kier molecular flexibility index (Phi) is 5.63. The predicted octanol–water partition coefficient (Wildman–Crippen LogP) is 6.44. The van der Waals surface area contributed by atoms with E-state index in [1.54, 1.807) is 0 Å². The van der Waals surface area contributed by atoms with Gasteiger partial charge in [0.15, 0.2) is 0 Å². The second-order valence-electron chi connectivity index (χ2n) is 8.37. The van der Waals surface area contributed by atoms with E-state index < -0.39 is 0 Å². The highest BCUT2D eigenvalue weighted by molar-refractivity contribution is 6.10. The lowest BCUT2D eigenvalue weighted by Crippen LogP contribution is -2.22. The number of aryl methyl sites for hydroxylation is 3. The van der Waals surface area contributed by atoms with Crippen molar-refractivity contribution < 1.29 is 4.79 Å². The molecule has 1 aliphatic rings. The minimum absolute atomic E-state index is 0.0556. The molecule has 0 aliphatic carbocycles. The molecule has 0 unspecified atom stereocenters. The molecule has 0 radical (unpaired) electrons. The first-order valence-electron chi connectivity index (χ1n) is 10.8. The maximum Gasteiger partial charge on any atom is 0.256 e. The number of carbonyl (C=O) groups excluding carboxylic acids is 1. The summed E-state index contributed by atoms with van der Waals surface area (Å²) in [5.74, 6) is -0.0556. The van der Waals surface area contributed by atoms with Gasteiger partial charge in [0, 0.05) is 30.0 Å². The Bertz CT molecular complexity index is 1080. The van der Waals surface area contributed by atoms with Gasteiger partial charge in [0.25, 0.3) is 5.91 Å². The van der Waals surface area contributed by atoms with Crippen molar-refractivity contribution >= 4 is 17.3 Å². The minimum atomic E-state index is -0.0556. The lowest BCUT2D eigenvalue weighted by atomic mass is 9.94. The van der Waals surface area contributed by atoms with Crippen LogP contribution in [-0.2, 0) is 0 Å². The molecule has 1 aliphatic heterocycles. The van der Waals surface area contributed by atoms with E-state index in [9.17, 15) is 4.79 Å². The van der Waals surface area contributed by atoms with Gasteiger partial charge in [-0.1, -0.05) is 48.5 Å². The maximum absolute atomic E-state index is 13.5. The van der Waals surface area contributed by atoms with Crippen LogP contribution >= 0.6 is 0 Å². The summed E-state index contributed by atoms with van der Waals surface area (Å²) in [6.45, 7) is 10.6. The zero-order valence-electron chi connectivity index (χ0n) is 18.4. The van der Waals surface area contributed by atoms with Crippen molar-refractivity contribution in [2.75, 3.05) is 23.3 Å². The fourth-order valence-electron chi connectivity index (χ4n) is 4.82. The third-order valence-electron chi connectivity index (χ3n) is 6.17. The second kappa shape index (κ2) is 8.35. The van der Waals surface area contributed by atoms with Gasteiger partial charge in [-0.15, -0.1) is 0 Å². The fraction of sp³-hybridized carbons (Fsp3) is 0.296. The Morgan fingerprint density at radius 3 is 2.23 bits per heavy atom. The van der Waals surface area contributed by atoms with Crippen molar-refractivity contribution in [3.8, 4) is 11.1 Å². The number of carbonyl (C=O) groups is 1. The molecular weight excluding hydrogens is 368 g/mol. The molecule has 3 aromatic rings. The van der Waals surface area contributed by atoms with Crippen LogP contribution in [0.4, 0.5) is 11.4 Å². The molecule has 1 fully saturated rings. The molecule has 1 N–H and O–H groups in total. The number of amides is 1. The molecule has 154 valence electrons. The van der Waals surface area contributed by atoms with E-state index in [1.807, 2.05) is 30.3 Å². The van der Waals surface area contributed by atoms with Crippen LogP contribution < -0.4 is 10.2 Å². The van der Waals surface area contributed by atoms with Crippen molar-refractivity contribution in [1.29, 1.82) is 0 Å². The van der Waals surface area contributed by atoms with E-state index in [4.69, 9.17) is 0 Å². The van der Waals surface area contributed by atoms with Crippen LogP contribution in [0, 0.1) is 27.7 Å². The molecule has 0 aromatic heterocycles. The number of anilines is 2. The van der Waals surface area contributed by atoms with Crippen LogP contribution in [0.3, 0.4) is 0 Å². The Morgan fingerprint density at radius 2 is 1.53 bits per heavy atom. The lowest BCUT2D eigenvalue weighted by Gasteiger charge is -2.26. The first kappa shape index (κ1) is 20.2. The van der Waals surface area contributed by atoms with Crippen molar-refractivity contribution in [3.05, 3.63) is 82.4 Å². The molecule has 3 aromatic carbocycles. The number of rotatable bonds is 4. The van der Waals surface area contributed by atoms with Crippen LogP contribution in [0.5, 0.6) is 0 Å². The molecule has 1 amide bonds. The van der Waals surface area contributed by atoms with E-state index in [2.05, 4.69) is 62.2 Å². The molecule has 1 saturated heterocycles. The van der Waals surface area contributed by atoms with Crippen LogP contribution in [0.15, 0.2) is 54.6 Å². The molecule has 3 nitrogen and oxygen atoms in total. The van der Waals surface area contributed by atoms with Crippen LogP contribution in [0.25, 0.3) is 11.1 Å². The maximum atomic E-state index is 13.5. The number of hydrogen-bond acceptors (Lipinski definition) is 2. The van der Waals surface area contributed by atoms with Gasteiger partial charge >= 0.3 is 0 Å². The van der Waals surface area contributed by atoms with Gasteiger partial charge in [-0.2, -0.15) is 0 Å². The molecule has 0 bridgehead atoms. The third-order valence-corrected chi connectivity index (χ3v) is 6.17. The quantitative estimate of drug-likeness (QED) is 0.548. The molecule has 0 spiro atoms. The summed E-state index contributed by atoms with van der Waals surface area (Å²) in [4.78, 5) is 15.9. The van der Waals surface area contributed by atoms with Crippen molar-refractivity contribution in [2.24, 2.45) is 0 Å². The van der Waals surface area contributed by atoms with Gasteiger partial charge in [-0.3, -0.25) is 4.79 Å². The highest BCUT2D eigenvalue weighted by Gasteiger charge is 2.22. The van der Waals surface area contributed by atoms with Gasteiger partial charge in [0.2, 0.25) is 0 Å². The van der Waals surface area contributed by atoms with Gasteiger partial charge in [0.1, 0.15) is 0 Å². The van der Waals surface area contributed by atoms with Gasteiger partial charge in [-0.25, -0.2) is 0 Å². The topological polar surface area (TPSA) is 32.3 Å². The third kappa shape index (κ3) is 3.72. The van der Waals surface area contributed by atoms with E-state index >= 15 is 0 Å². The largest absolute Gasteiger partial charge is 0.371 e. The van der Waals surface area contributed by atoms with E-state index in [0.29, 0.717) is 5.56 Å². The molecule has 30 heavy (non-hydrogen) atoms. The second-order valence-corrected chi connectivity index (χ2v) is 8.37. The van der Waals surface area contributed by atoms with Gasteiger partial charge in [0.05, 0.1) is 0 Å². The summed E-state index contributed by atoms with van der Waals surface area (Å²) in [6, 6.07) is 18.3. The average molecular weight is 399 g/mol. The summed E-state index contributed by atoms with van der Waals surface area (Å²) in [6.07, 6.45) is 2.47. The summed E-state index contributed by atoms with van der Waals surface area (Å²) in [5.41, 5.74) is 9.65. The fourth-order valence-corrected chi connectivity index (χ4v) is 4.82. The highest BCUT2D eigenvalue weighted by atomic mass is 16.1. The average Bonchev–Trinajstić information content (AvgIpc) is 3.25. The number of nitrogens with zero attached hydrogens (tertiary/aromatic N) is 1. The minimum Gasteiger partial charge on any atom is -0.371 e. The smallest absolute Gasteiger partial charge is 0.256 e. The molecule has 3 heteroatoms. The first-order chi connectivity index (χ1) is 14.5. The summed E-state index contributed by atoms with van der Waals surface area (Å²) in [7, 11) is 0. The zero-order chi connectivity index (χ0) is 21.3. The predicted molar refractivity (Wildman–Crippen MR) is 127 cm³/mol. The number of benzene rings is 3. The molecule has 4 rings (SSSR count). The summed E-state index contributed by atoms with van der Waals surface area (Å²) >= 11 is 0. The molecular formula is C27H30N2O. The zero-order valence-corrected chi connectivity index (χ0v) is 18.4. The van der Waals surface area contributed by atoms with Gasteiger partial charge < -0.3 is 10.2 Å². The van der Waals surface area contributed by atoms with Crippen molar-refractivity contribution in [2.45, 2.75) is 40.5 Å². The number of hydrogen-bond donors (Lipinski definition) is 1. The standard InChI is InChI=1S/C27H30N2O/c1-18-11-10-14-23(24(18)22-12-6-5-7-13-22)27(30)28-25-19(2)17-20(3)26(21(25)4)29-15-8-9-16-29/h5-7,10-14,17H,8-9,15-16H2,1-4H3,(H,28,30). The number of nitrogens with one attached hydrogen (secondary N) is 1. The Labute approximate surface area is 179 Å². The highest BCUT2D eigenvalue weighted by Crippen LogP contribution is 2.36. The molecule has 0 saturated carbocycles. The SMILES string of the molecule is Cc1cc(C)c(N2CCCC2)c(C)c1NC(=O)c1cccc(C)c1-c1ccccc1. The molecule has 0 atom stereocenters. The Hall–Kier alpha value is -3.07. The van der Waals surface area contributed by atoms with Crippen LogP contribution in [-0.4, -0.2) is 19.0 Å². The lowest BCUT2D eigenvalue weighted by molar-refractivity contribution is 0.102. The van der Waals surface area contributed by atoms with E-state index in [0.717, 1.165) is 46.6 Å². The monoisotopic (exact) mass is 398 g/mol. The van der Waals surface area contributed by atoms with Gasteiger partial charge in [-0.05, 0) is 80.0 Å². The van der Waals surface area contributed by atoms with Crippen LogP contribution in [0.2, 0.25) is 0 Å². The summed E-state index contributed by atoms with van der Waals surface area (Å²) < 4.78 is 0. The first-order valence-corrected chi connectivity index (χ1v) is 10.8. The van der Waals surface area contributed by atoms with Crippen molar-refractivity contribution in [3.63, 3.8) is 0 Å².